The highest BCUT2D eigenvalue weighted by atomic mass is 19.1. The van der Waals surface area contributed by atoms with E-state index in [0.717, 1.165) is 6.07 Å². The van der Waals surface area contributed by atoms with Crippen molar-refractivity contribution >= 4 is 17.5 Å². The number of carboxylic acid groups (broad SMARTS) is 1. The first-order valence-electron chi connectivity index (χ1n) is 3.25. The maximum atomic E-state index is 12.8. The van der Waals surface area contributed by atoms with E-state index in [2.05, 4.69) is 0 Å². The molecule has 0 fully saturated rings. The molecular weight excluding hydrogens is 182 g/mol. The van der Waals surface area contributed by atoms with Crippen molar-refractivity contribution in [1.82, 2.24) is 0 Å². The summed E-state index contributed by atoms with van der Waals surface area (Å²) in [7, 11) is 0. The SMILES string of the molecule is Nc1cc(NC(=O)O)c(F)cc1F. The third-order valence-electron chi connectivity index (χ3n) is 1.33. The molecule has 0 aliphatic heterocycles. The summed E-state index contributed by atoms with van der Waals surface area (Å²) in [6.45, 7) is 0. The number of amides is 1. The molecule has 13 heavy (non-hydrogen) atoms. The maximum Gasteiger partial charge on any atom is 0.409 e. The summed E-state index contributed by atoms with van der Waals surface area (Å²) < 4.78 is 25.3. The summed E-state index contributed by atoms with van der Waals surface area (Å²) in [5.74, 6) is -1.93. The molecule has 4 nitrogen and oxygen atoms in total. The lowest BCUT2D eigenvalue weighted by atomic mass is 10.2. The van der Waals surface area contributed by atoms with Crippen molar-refractivity contribution < 1.29 is 18.7 Å². The van der Waals surface area contributed by atoms with Gasteiger partial charge < -0.3 is 10.8 Å². The lowest BCUT2D eigenvalue weighted by Gasteiger charge is -2.04. The molecule has 1 rings (SSSR count). The Hall–Kier alpha value is -1.85. The number of nitrogen functional groups attached to an aromatic ring is 1. The zero-order valence-electron chi connectivity index (χ0n) is 6.34. The molecule has 0 radical (unpaired) electrons. The first-order chi connectivity index (χ1) is 6.00. The molecule has 0 aliphatic rings. The molecule has 1 aromatic rings. The van der Waals surface area contributed by atoms with Gasteiger partial charge in [0, 0.05) is 6.07 Å². The van der Waals surface area contributed by atoms with E-state index in [1.165, 1.54) is 0 Å². The highest BCUT2D eigenvalue weighted by Crippen LogP contribution is 2.20. The van der Waals surface area contributed by atoms with Gasteiger partial charge in [0.2, 0.25) is 0 Å². The molecule has 0 spiro atoms. The highest BCUT2D eigenvalue weighted by Gasteiger charge is 2.09. The lowest BCUT2D eigenvalue weighted by molar-refractivity contribution is 0.209. The van der Waals surface area contributed by atoms with Crippen LogP contribution in [0.25, 0.3) is 0 Å². The Morgan fingerprint density at radius 2 is 2.00 bits per heavy atom. The van der Waals surface area contributed by atoms with Gasteiger partial charge in [0.25, 0.3) is 0 Å². The van der Waals surface area contributed by atoms with Crippen LogP contribution in [0.3, 0.4) is 0 Å². The van der Waals surface area contributed by atoms with E-state index in [4.69, 9.17) is 10.8 Å². The molecule has 0 aliphatic carbocycles. The molecule has 0 atom stereocenters. The van der Waals surface area contributed by atoms with Crippen molar-refractivity contribution in [3.05, 3.63) is 23.8 Å². The monoisotopic (exact) mass is 188 g/mol. The van der Waals surface area contributed by atoms with Gasteiger partial charge in [0.15, 0.2) is 0 Å². The van der Waals surface area contributed by atoms with Gasteiger partial charge in [-0.1, -0.05) is 0 Å². The average molecular weight is 188 g/mol. The number of nitrogens with two attached hydrogens (primary N) is 1. The average Bonchev–Trinajstić information content (AvgIpc) is 1.99. The van der Waals surface area contributed by atoms with Crippen LogP contribution in [0.4, 0.5) is 25.0 Å². The van der Waals surface area contributed by atoms with Crippen molar-refractivity contribution in [2.24, 2.45) is 0 Å². The Balaban J connectivity index is 3.08. The van der Waals surface area contributed by atoms with Gasteiger partial charge in [-0.05, 0) is 6.07 Å². The summed E-state index contributed by atoms with van der Waals surface area (Å²) in [5.41, 5.74) is 4.41. The predicted octanol–water partition coefficient (Wildman–Crippen LogP) is 1.64. The minimum atomic E-state index is -1.44. The van der Waals surface area contributed by atoms with Crippen molar-refractivity contribution in [2.45, 2.75) is 0 Å². The van der Waals surface area contributed by atoms with Gasteiger partial charge in [0.1, 0.15) is 11.6 Å². The zero-order valence-corrected chi connectivity index (χ0v) is 6.34. The Bertz CT molecular complexity index is 355. The first kappa shape index (κ1) is 9.24. The van der Waals surface area contributed by atoms with E-state index in [9.17, 15) is 13.6 Å². The largest absolute Gasteiger partial charge is 0.465 e. The Kier molecular flexibility index (Phi) is 2.32. The molecule has 0 unspecified atom stereocenters. The van der Waals surface area contributed by atoms with Crippen molar-refractivity contribution in [3.8, 4) is 0 Å². The minimum absolute atomic E-state index is 0.315. The molecular formula is C7H6F2N2O2. The molecule has 0 aromatic heterocycles. The Morgan fingerprint density at radius 1 is 1.38 bits per heavy atom. The van der Waals surface area contributed by atoms with Crippen LogP contribution >= 0.6 is 0 Å². The number of hydrogen-bond donors (Lipinski definition) is 3. The number of benzene rings is 1. The van der Waals surface area contributed by atoms with Gasteiger partial charge in [-0.3, -0.25) is 5.32 Å². The van der Waals surface area contributed by atoms with Crippen LogP contribution in [0.5, 0.6) is 0 Å². The molecule has 6 heteroatoms. The zero-order chi connectivity index (χ0) is 10.0. The number of nitrogens with one attached hydrogen (secondary N) is 1. The fourth-order valence-electron chi connectivity index (χ4n) is 0.777. The van der Waals surface area contributed by atoms with E-state index in [0.29, 0.717) is 6.07 Å². The van der Waals surface area contributed by atoms with Gasteiger partial charge in [-0.2, -0.15) is 0 Å². The van der Waals surface area contributed by atoms with Crippen LogP contribution < -0.4 is 11.1 Å². The van der Waals surface area contributed by atoms with E-state index < -0.39 is 17.7 Å². The van der Waals surface area contributed by atoms with E-state index in [1.807, 2.05) is 0 Å². The molecule has 0 bridgehead atoms. The summed E-state index contributed by atoms with van der Waals surface area (Å²) in [6.07, 6.45) is -1.44. The summed E-state index contributed by atoms with van der Waals surface area (Å²) in [5, 5.41) is 9.98. The Morgan fingerprint density at radius 3 is 2.54 bits per heavy atom. The van der Waals surface area contributed by atoms with Crippen LogP contribution in [-0.4, -0.2) is 11.2 Å². The second kappa shape index (κ2) is 3.26. The molecule has 1 amide bonds. The summed E-state index contributed by atoms with van der Waals surface area (Å²) in [4.78, 5) is 10.1. The van der Waals surface area contributed by atoms with Crippen molar-refractivity contribution in [3.63, 3.8) is 0 Å². The number of carbonyl (C=O) groups is 1. The minimum Gasteiger partial charge on any atom is -0.465 e. The van der Waals surface area contributed by atoms with Crippen molar-refractivity contribution in [1.29, 1.82) is 0 Å². The van der Waals surface area contributed by atoms with E-state index in [-0.39, 0.29) is 11.4 Å². The highest BCUT2D eigenvalue weighted by molar-refractivity contribution is 5.83. The number of anilines is 2. The topological polar surface area (TPSA) is 75.3 Å². The van der Waals surface area contributed by atoms with Gasteiger partial charge in [-0.25, -0.2) is 13.6 Å². The number of halogens is 2. The van der Waals surface area contributed by atoms with Gasteiger partial charge in [-0.15, -0.1) is 0 Å². The Labute approximate surface area is 72.0 Å². The van der Waals surface area contributed by atoms with Crippen molar-refractivity contribution in [2.75, 3.05) is 11.1 Å². The molecule has 4 N–H and O–H groups in total. The lowest BCUT2D eigenvalue weighted by Crippen LogP contribution is -2.09. The summed E-state index contributed by atoms with van der Waals surface area (Å²) in [6, 6.07) is 1.39. The third kappa shape index (κ3) is 2.05. The molecule has 70 valence electrons. The fraction of sp³-hybridized carbons (Fsp3) is 0. The van der Waals surface area contributed by atoms with Gasteiger partial charge >= 0.3 is 6.09 Å². The second-order valence-electron chi connectivity index (χ2n) is 2.28. The molecule has 0 saturated heterocycles. The molecule has 0 saturated carbocycles. The van der Waals surface area contributed by atoms with Gasteiger partial charge in [0.05, 0.1) is 11.4 Å². The van der Waals surface area contributed by atoms with Crippen LogP contribution in [0.1, 0.15) is 0 Å². The number of rotatable bonds is 1. The molecule has 1 aromatic carbocycles. The van der Waals surface area contributed by atoms with E-state index >= 15 is 0 Å². The van der Waals surface area contributed by atoms with Crippen LogP contribution in [0.15, 0.2) is 12.1 Å². The quantitative estimate of drug-likeness (QED) is 0.586. The number of hydrogen-bond acceptors (Lipinski definition) is 2. The normalized spacial score (nSPS) is 9.69. The standard InChI is InChI=1S/C7H6F2N2O2/c8-3-1-4(9)6(2-5(3)10)11-7(12)13/h1-2,11H,10H2,(H,12,13). The van der Waals surface area contributed by atoms with Crippen LogP contribution in [0.2, 0.25) is 0 Å². The molecule has 0 heterocycles. The van der Waals surface area contributed by atoms with E-state index in [1.54, 1.807) is 5.32 Å². The fourth-order valence-corrected chi connectivity index (χ4v) is 0.777. The third-order valence-corrected chi connectivity index (χ3v) is 1.33. The maximum absolute atomic E-state index is 12.8. The van der Waals surface area contributed by atoms with Crippen LogP contribution in [-0.2, 0) is 0 Å². The first-order valence-corrected chi connectivity index (χ1v) is 3.25. The summed E-state index contributed by atoms with van der Waals surface area (Å²) >= 11 is 0. The smallest absolute Gasteiger partial charge is 0.409 e. The predicted molar refractivity (Wildman–Crippen MR) is 42.4 cm³/mol. The second-order valence-corrected chi connectivity index (χ2v) is 2.28. The van der Waals surface area contributed by atoms with Crippen LogP contribution in [0, 0.1) is 11.6 Å².